The number of rotatable bonds is 8. The molecule has 112 valence electrons. The van der Waals surface area contributed by atoms with Gasteiger partial charge in [-0.3, -0.25) is 14.9 Å². The monoisotopic (exact) mass is 293 g/mol. The van der Waals surface area contributed by atoms with Crippen LogP contribution in [0.3, 0.4) is 0 Å². The highest BCUT2D eigenvalue weighted by atomic mass is 16.6. The van der Waals surface area contributed by atoms with Crippen LogP contribution >= 0.6 is 0 Å². The first kappa shape index (κ1) is 16.4. The van der Waals surface area contributed by atoms with Crippen LogP contribution in [0.15, 0.2) is 22.1 Å². The molecule has 0 radical (unpaired) electrons. The smallest absolute Gasteiger partial charge is 0.401 e. The third-order valence-electron chi connectivity index (χ3n) is 2.40. The van der Waals surface area contributed by atoms with E-state index in [1.54, 1.807) is 6.07 Å². The molecule has 1 N–H and O–H groups in total. The molecule has 21 heavy (non-hydrogen) atoms. The van der Waals surface area contributed by atoms with Gasteiger partial charge in [-0.25, -0.2) is 0 Å². The number of nitro groups is 1. The number of furan rings is 1. The second-order valence-corrected chi connectivity index (χ2v) is 3.91. The molecule has 0 saturated carbocycles. The van der Waals surface area contributed by atoms with E-state index in [4.69, 9.17) is 14.4 Å². The molecule has 0 unspecified atom stereocenters. The van der Waals surface area contributed by atoms with Gasteiger partial charge >= 0.3 is 5.88 Å². The largest absolute Gasteiger partial charge is 0.433 e. The third kappa shape index (κ3) is 5.46. The second-order valence-electron chi connectivity index (χ2n) is 3.91. The molecule has 0 aliphatic carbocycles. The predicted molar refractivity (Wildman–Crippen MR) is 73.1 cm³/mol. The normalized spacial score (nSPS) is 11.0. The lowest BCUT2D eigenvalue weighted by atomic mass is 10.2. The van der Waals surface area contributed by atoms with Gasteiger partial charge < -0.3 is 14.5 Å². The van der Waals surface area contributed by atoms with E-state index in [0.29, 0.717) is 26.2 Å². The molecule has 0 atom stereocenters. The maximum Gasteiger partial charge on any atom is 0.433 e. The van der Waals surface area contributed by atoms with Crippen molar-refractivity contribution in [2.75, 3.05) is 19.8 Å². The first-order valence-electron chi connectivity index (χ1n) is 6.30. The van der Waals surface area contributed by atoms with Crippen molar-refractivity contribution in [2.24, 2.45) is 0 Å². The summed E-state index contributed by atoms with van der Waals surface area (Å²) in [4.78, 5) is 21.5. The van der Waals surface area contributed by atoms with Gasteiger partial charge in [0.25, 0.3) is 5.91 Å². The molecular weight excluding hydrogens is 278 g/mol. The fourth-order valence-corrected chi connectivity index (χ4v) is 1.42. The van der Waals surface area contributed by atoms with Gasteiger partial charge in [0.2, 0.25) is 0 Å². The molecule has 0 aromatic carbocycles. The Hall–Kier alpha value is -2.66. The van der Waals surface area contributed by atoms with Crippen LogP contribution in [0.1, 0.15) is 19.1 Å². The molecule has 1 rings (SSSR count). The van der Waals surface area contributed by atoms with Crippen LogP contribution in [0.4, 0.5) is 5.88 Å². The highest BCUT2D eigenvalue weighted by Gasteiger charge is 2.13. The maximum atomic E-state index is 11.7. The summed E-state index contributed by atoms with van der Waals surface area (Å²) in [6.45, 7) is 3.37. The summed E-state index contributed by atoms with van der Waals surface area (Å²) >= 11 is 0. The number of nitrogens with zero attached hydrogens (tertiary/aromatic N) is 2. The van der Waals surface area contributed by atoms with Gasteiger partial charge in [0.05, 0.1) is 6.07 Å². The number of nitrogens with one attached hydrogen (secondary N) is 1. The van der Waals surface area contributed by atoms with Crippen molar-refractivity contribution in [1.82, 2.24) is 5.32 Å². The van der Waals surface area contributed by atoms with Crippen molar-refractivity contribution in [2.45, 2.75) is 13.3 Å². The number of amides is 1. The highest BCUT2D eigenvalue weighted by molar-refractivity contribution is 6.01. The second kappa shape index (κ2) is 8.50. The first-order valence-corrected chi connectivity index (χ1v) is 6.30. The van der Waals surface area contributed by atoms with Crippen molar-refractivity contribution in [1.29, 1.82) is 5.26 Å². The SMILES string of the molecule is CCOCCCNC(=O)/C(C#N)=C\c1ccc([N+](=O)[O-])o1. The highest BCUT2D eigenvalue weighted by Crippen LogP contribution is 2.17. The fourth-order valence-electron chi connectivity index (χ4n) is 1.42. The van der Waals surface area contributed by atoms with Crippen LogP contribution < -0.4 is 5.32 Å². The number of carbonyl (C=O) groups is 1. The molecule has 8 heteroatoms. The molecule has 1 heterocycles. The third-order valence-corrected chi connectivity index (χ3v) is 2.40. The molecule has 8 nitrogen and oxygen atoms in total. The number of ether oxygens (including phenoxy) is 1. The van der Waals surface area contributed by atoms with Gasteiger partial charge in [0, 0.05) is 25.8 Å². The van der Waals surface area contributed by atoms with Crippen LogP contribution in [0.25, 0.3) is 6.08 Å². The maximum absolute atomic E-state index is 11.7. The first-order chi connectivity index (χ1) is 10.1. The Labute approximate surface area is 121 Å². The van der Waals surface area contributed by atoms with E-state index in [0.717, 1.165) is 12.1 Å². The average molecular weight is 293 g/mol. The molecule has 0 spiro atoms. The molecule has 0 saturated heterocycles. The van der Waals surface area contributed by atoms with E-state index in [-0.39, 0.29) is 11.3 Å². The van der Waals surface area contributed by atoms with Gasteiger partial charge in [-0.05, 0) is 19.4 Å². The Morgan fingerprint density at radius 1 is 1.62 bits per heavy atom. The lowest BCUT2D eigenvalue weighted by Gasteiger charge is -2.03. The summed E-state index contributed by atoms with van der Waals surface area (Å²) in [5, 5.41) is 22.0. The minimum Gasteiger partial charge on any atom is -0.401 e. The molecule has 0 aliphatic heterocycles. The van der Waals surface area contributed by atoms with E-state index in [9.17, 15) is 14.9 Å². The van der Waals surface area contributed by atoms with Crippen molar-refractivity contribution < 1.29 is 18.9 Å². The Bertz CT molecular complexity index is 571. The van der Waals surface area contributed by atoms with Gasteiger partial charge in [-0.1, -0.05) is 0 Å². The predicted octanol–water partition coefficient (Wildman–Crippen LogP) is 1.64. The topological polar surface area (TPSA) is 118 Å². The van der Waals surface area contributed by atoms with E-state index in [1.165, 1.54) is 6.07 Å². The summed E-state index contributed by atoms with van der Waals surface area (Å²) < 4.78 is 9.97. The lowest BCUT2D eigenvalue weighted by Crippen LogP contribution is -2.26. The summed E-state index contributed by atoms with van der Waals surface area (Å²) in [6.07, 6.45) is 1.79. The van der Waals surface area contributed by atoms with Crippen molar-refractivity contribution in [3.05, 3.63) is 33.6 Å². The zero-order valence-corrected chi connectivity index (χ0v) is 11.5. The van der Waals surface area contributed by atoms with Crippen molar-refractivity contribution in [3.63, 3.8) is 0 Å². The Balaban J connectivity index is 2.60. The average Bonchev–Trinajstić information content (AvgIpc) is 2.93. The molecule has 0 fully saturated rings. The zero-order chi connectivity index (χ0) is 15.7. The number of hydrogen-bond donors (Lipinski definition) is 1. The van der Waals surface area contributed by atoms with E-state index in [1.807, 2.05) is 6.92 Å². The molecule has 1 aromatic heterocycles. The van der Waals surface area contributed by atoms with Crippen molar-refractivity contribution >= 4 is 17.9 Å². The summed E-state index contributed by atoms with van der Waals surface area (Å²) in [6, 6.07) is 4.20. The van der Waals surface area contributed by atoms with E-state index < -0.39 is 16.7 Å². The van der Waals surface area contributed by atoms with Gasteiger partial charge in [-0.15, -0.1) is 0 Å². The summed E-state index contributed by atoms with van der Waals surface area (Å²) in [5.74, 6) is -0.938. The lowest BCUT2D eigenvalue weighted by molar-refractivity contribution is -0.402. The number of nitriles is 1. The number of carbonyl (C=O) groups excluding carboxylic acids is 1. The van der Waals surface area contributed by atoms with Crippen molar-refractivity contribution in [3.8, 4) is 6.07 Å². The van der Waals surface area contributed by atoms with Gasteiger partial charge in [0.15, 0.2) is 0 Å². The molecule has 1 amide bonds. The molecule has 0 aliphatic rings. The minimum absolute atomic E-state index is 0.0720. The minimum atomic E-state index is -0.697. The molecule has 1 aromatic rings. The van der Waals surface area contributed by atoms with Crippen LogP contribution in [-0.2, 0) is 9.53 Å². The summed E-state index contributed by atoms with van der Waals surface area (Å²) in [7, 11) is 0. The Morgan fingerprint density at radius 3 is 2.95 bits per heavy atom. The van der Waals surface area contributed by atoms with Crippen LogP contribution in [0.5, 0.6) is 0 Å². The van der Waals surface area contributed by atoms with E-state index >= 15 is 0 Å². The quantitative estimate of drug-likeness (QED) is 0.256. The van der Waals surface area contributed by atoms with E-state index in [2.05, 4.69) is 5.32 Å². The molecule has 0 bridgehead atoms. The zero-order valence-electron chi connectivity index (χ0n) is 11.5. The van der Waals surface area contributed by atoms with Crippen LogP contribution in [0, 0.1) is 21.4 Å². The Morgan fingerprint density at radius 2 is 2.38 bits per heavy atom. The fraction of sp³-hybridized carbons (Fsp3) is 0.385. The van der Waals surface area contributed by atoms with Crippen LogP contribution in [-0.4, -0.2) is 30.6 Å². The number of hydrogen-bond acceptors (Lipinski definition) is 6. The van der Waals surface area contributed by atoms with Gasteiger partial charge in [-0.2, -0.15) is 5.26 Å². The molecular formula is C13H15N3O5. The van der Waals surface area contributed by atoms with Gasteiger partial charge in [0.1, 0.15) is 22.3 Å². The van der Waals surface area contributed by atoms with Crippen LogP contribution in [0.2, 0.25) is 0 Å². The standard InChI is InChI=1S/C13H15N3O5/c1-2-20-7-3-6-15-13(17)10(9-14)8-11-4-5-12(21-11)16(18)19/h4-5,8H,2-3,6-7H2,1H3,(H,15,17)/b10-8-. The summed E-state index contributed by atoms with van der Waals surface area (Å²) in [5.41, 5.74) is -0.185. The Kier molecular flexibility index (Phi) is 6.63.